The topological polar surface area (TPSA) is 78.9 Å². The molecule has 0 bridgehead atoms. The molecule has 0 aliphatic carbocycles. The lowest BCUT2D eigenvalue weighted by Gasteiger charge is -2.14. The number of nitrogens with one attached hydrogen (secondary N) is 1. The second kappa shape index (κ2) is 7.82. The quantitative estimate of drug-likeness (QED) is 0.332. The van der Waals surface area contributed by atoms with Gasteiger partial charge in [-0.2, -0.15) is 0 Å². The number of anilines is 1. The van der Waals surface area contributed by atoms with E-state index in [2.05, 4.69) is 28.0 Å². The van der Waals surface area contributed by atoms with Gasteiger partial charge < -0.3 is 9.84 Å². The minimum Gasteiger partial charge on any atom is -0.504 e. The Morgan fingerprint density at radius 2 is 1.88 bits per heavy atom. The Morgan fingerprint density at radius 1 is 1.19 bits per heavy atom. The van der Waals surface area contributed by atoms with Gasteiger partial charge in [0.2, 0.25) is 0 Å². The third kappa shape index (κ3) is 3.80. The minimum atomic E-state index is -0.477. The van der Waals surface area contributed by atoms with Crippen LogP contribution in [0.3, 0.4) is 0 Å². The molecule has 1 aliphatic heterocycles. The number of hydrogen-bond donors (Lipinski definition) is 2. The van der Waals surface area contributed by atoms with Gasteiger partial charge >= 0.3 is 0 Å². The SMILES string of the molecule is CCOc1cc(C=C2C(=O)NN(c3ccc(I)cc3)C2=O)cc(I)c1O. The molecule has 2 aromatic rings. The first kappa shape index (κ1) is 19.0. The highest BCUT2D eigenvalue weighted by Crippen LogP contribution is 2.34. The molecule has 1 saturated heterocycles. The van der Waals surface area contributed by atoms with Crippen LogP contribution < -0.4 is 15.2 Å². The van der Waals surface area contributed by atoms with Crippen LogP contribution in [0.5, 0.6) is 11.5 Å². The van der Waals surface area contributed by atoms with Crippen LogP contribution in [0.15, 0.2) is 42.0 Å². The summed E-state index contributed by atoms with van der Waals surface area (Å²) in [6.07, 6.45) is 1.49. The number of phenols is 1. The van der Waals surface area contributed by atoms with Gasteiger partial charge in [0.05, 0.1) is 15.9 Å². The Morgan fingerprint density at radius 3 is 2.54 bits per heavy atom. The smallest absolute Gasteiger partial charge is 0.282 e. The van der Waals surface area contributed by atoms with Crippen LogP contribution in [-0.4, -0.2) is 23.5 Å². The number of hydrogen-bond acceptors (Lipinski definition) is 4. The van der Waals surface area contributed by atoms with E-state index in [0.717, 1.165) is 3.57 Å². The normalized spacial score (nSPS) is 15.5. The predicted octanol–water partition coefficient (Wildman–Crippen LogP) is 3.46. The monoisotopic (exact) mass is 576 g/mol. The Balaban J connectivity index is 1.95. The van der Waals surface area contributed by atoms with Gasteiger partial charge in [0.1, 0.15) is 5.57 Å². The summed E-state index contributed by atoms with van der Waals surface area (Å²) in [7, 11) is 0. The Bertz CT molecular complexity index is 910. The molecule has 0 spiro atoms. The first-order chi connectivity index (χ1) is 12.4. The van der Waals surface area contributed by atoms with Crippen molar-refractivity contribution in [1.82, 2.24) is 5.43 Å². The molecule has 0 radical (unpaired) electrons. The third-order valence-corrected chi connectivity index (χ3v) is 5.18. The molecule has 1 aliphatic rings. The van der Waals surface area contributed by atoms with Crippen molar-refractivity contribution in [1.29, 1.82) is 0 Å². The lowest BCUT2D eigenvalue weighted by molar-refractivity contribution is -0.117. The standard InChI is InChI=1S/C18H14I2N2O4/c1-2-26-15-9-10(8-14(20)16(15)23)7-13-17(24)21-22(18(13)25)12-5-3-11(19)4-6-12/h3-9,23H,2H2,1H3,(H,21,24). The van der Waals surface area contributed by atoms with Crippen LogP contribution in [0.1, 0.15) is 12.5 Å². The molecule has 0 unspecified atom stereocenters. The van der Waals surface area contributed by atoms with Crippen molar-refractivity contribution in [2.45, 2.75) is 6.92 Å². The first-order valence-corrected chi connectivity index (χ1v) is 9.84. The van der Waals surface area contributed by atoms with E-state index >= 15 is 0 Å². The van der Waals surface area contributed by atoms with Crippen LogP contribution in [0, 0.1) is 7.14 Å². The van der Waals surface area contributed by atoms with E-state index in [1.54, 1.807) is 24.3 Å². The summed E-state index contributed by atoms with van der Waals surface area (Å²) in [6.45, 7) is 2.20. The molecule has 1 heterocycles. The number of nitrogens with zero attached hydrogens (tertiary/aromatic N) is 1. The maximum atomic E-state index is 12.7. The number of carbonyl (C=O) groups excluding carboxylic acids is 2. The maximum absolute atomic E-state index is 12.7. The summed E-state index contributed by atoms with van der Waals surface area (Å²) in [5, 5.41) is 11.2. The van der Waals surface area contributed by atoms with E-state index in [-0.39, 0.29) is 11.3 Å². The van der Waals surface area contributed by atoms with Crippen LogP contribution in [-0.2, 0) is 9.59 Å². The zero-order valence-corrected chi connectivity index (χ0v) is 17.9. The maximum Gasteiger partial charge on any atom is 0.282 e. The van der Waals surface area contributed by atoms with E-state index in [9.17, 15) is 14.7 Å². The summed E-state index contributed by atoms with van der Waals surface area (Å²) in [5.41, 5.74) is 3.77. The van der Waals surface area contributed by atoms with Gasteiger partial charge in [0.15, 0.2) is 11.5 Å². The summed E-state index contributed by atoms with van der Waals surface area (Å²) < 4.78 is 7.00. The first-order valence-electron chi connectivity index (χ1n) is 7.68. The fraction of sp³-hybridized carbons (Fsp3) is 0.111. The number of rotatable bonds is 4. The molecule has 6 nitrogen and oxygen atoms in total. The molecule has 2 amide bonds. The number of hydrazine groups is 1. The molecule has 26 heavy (non-hydrogen) atoms. The van der Waals surface area contributed by atoms with Gasteiger partial charge in [-0.15, -0.1) is 0 Å². The lowest BCUT2D eigenvalue weighted by Crippen LogP contribution is -2.35. The van der Waals surface area contributed by atoms with Gasteiger partial charge in [-0.1, -0.05) is 0 Å². The zero-order chi connectivity index (χ0) is 18.8. The Kier molecular flexibility index (Phi) is 5.70. The highest BCUT2D eigenvalue weighted by Gasteiger charge is 2.34. The lowest BCUT2D eigenvalue weighted by atomic mass is 10.1. The van der Waals surface area contributed by atoms with Gasteiger partial charge in [-0.3, -0.25) is 15.0 Å². The molecular formula is C18H14I2N2O4. The molecule has 0 aromatic heterocycles. The predicted molar refractivity (Wildman–Crippen MR) is 115 cm³/mol. The Labute approximate surface area is 177 Å². The number of halogens is 2. The summed E-state index contributed by atoms with van der Waals surface area (Å²) in [6, 6.07) is 10.5. The van der Waals surface area contributed by atoms with Crippen molar-refractivity contribution in [2.75, 3.05) is 11.6 Å². The summed E-state index contributed by atoms with van der Waals surface area (Å²) >= 11 is 4.14. The fourth-order valence-corrected chi connectivity index (χ4v) is 3.42. The second-order valence-electron chi connectivity index (χ2n) is 5.40. The number of aromatic hydroxyl groups is 1. The molecule has 0 atom stereocenters. The molecule has 0 saturated carbocycles. The van der Waals surface area contributed by atoms with Crippen molar-refractivity contribution >= 4 is 68.8 Å². The molecule has 134 valence electrons. The number of benzene rings is 2. The van der Waals surface area contributed by atoms with Crippen molar-refractivity contribution < 1.29 is 19.4 Å². The fourth-order valence-electron chi connectivity index (χ4n) is 2.44. The van der Waals surface area contributed by atoms with Crippen LogP contribution in [0.4, 0.5) is 5.69 Å². The van der Waals surface area contributed by atoms with Crippen molar-refractivity contribution in [3.8, 4) is 11.5 Å². The molecule has 1 fully saturated rings. The van der Waals surface area contributed by atoms with Gasteiger partial charge in [0, 0.05) is 3.57 Å². The van der Waals surface area contributed by atoms with Crippen LogP contribution >= 0.6 is 45.2 Å². The van der Waals surface area contributed by atoms with Crippen molar-refractivity contribution in [2.24, 2.45) is 0 Å². The number of amides is 2. The van der Waals surface area contributed by atoms with Crippen molar-refractivity contribution in [3.63, 3.8) is 0 Å². The van der Waals surface area contributed by atoms with Crippen molar-refractivity contribution in [3.05, 3.63) is 54.7 Å². The van der Waals surface area contributed by atoms with Gasteiger partial charge in [-0.25, -0.2) is 5.01 Å². The van der Waals surface area contributed by atoms with Gasteiger partial charge in [0.25, 0.3) is 11.8 Å². The second-order valence-corrected chi connectivity index (χ2v) is 7.81. The number of ether oxygens (including phenoxy) is 1. The highest BCUT2D eigenvalue weighted by molar-refractivity contribution is 14.1. The molecule has 8 heteroatoms. The van der Waals surface area contributed by atoms with Crippen LogP contribution in [0.2, 0.25) is 0 Å². The average molecular weight is 576 g/mol. The highest BCUT2D eigenvalue weighted by atomic mass is 127. The summed E-state index contributed by atoms with van der Waals surface area (Å²) in [4.78, 5) is 24.9. The van der Waals surface area contributed by atoms with Gasteiger partial charge in [-0.05, 0) is 100 Å². The largest absolute Gasteiger partial charge is 0.504 e. The molecule has 3 rings (SSSR count). The van der Waals surface area contributed by atoms with E-state index in [4.69, 9.17) is 4.74 Å². The molecule has 2 aromatic carbocycles. The van der Waals surface area contributed by atoms with E-state index in [1.165, 1.54) is 11.1 Å². The Hall–Kier alpha value is -1.82. The van der Waals surface area contributed by atoms with E-state index in [0.29, 0.717) is 27.2 Å². The zero-order valence-electron chi connectivity index (χ0n) is 13.6. The number of carbonyl (C=O) groups is 2. The number of phenolic OH excluding ortho intramolecular Hbond substituents is 1. The minimum absolute atomic E-state index is 0.0208. The van der Waals surface area contributed by atoms with E-state index in [1.807, 2.05) is 41.6 Å². The van der Waals surface area contributed by atoms with E-state index < -0.39 is 11.8 Å². The molecule has 2 N–H and O–H groups in total. The third-order valence-electron chi connectivity index (χ3n) is 3.64. The van der Waals surface area contributed by atoms with Crippen LogP contribution in [0.25, 0.3) is 6.08 Å². The average Bonchev–Trinajstić information content (AvgIpc) is 2.88. The molecular weight excluding hydrogens is 562 g/mol. The summed E-state index contributed by atoms with van der Waals surface area (Å²) in [5.74, 6) is -0.559.